The number of anilines is 1. The number of nitrogens with zero attached hydrogens (tertiary/aromatic N) is 1. The lowest BCUT2D eigenvalue weighted by Crippen LogP contribution is -2.17. The number of aryl methyl sites for hydroxylation is 3. The van der Waals surface area contributed by atoms with Crippen molar-refractivity contribution in [3.63, 3.8) is 0 Å². The lowest BCUT2D eigenvalue weighted by molar-refractivity contribution is 0.482. The Bertz CT molecular complexity index is 572. The fourth-order valence-corrected chi connectivity index (χ4v) is 2.42. The summed E-state index contributed by atoms with van der Waals surface area (Å²) in [5.74, 6) is 1.80. The van der Waals surface area contributed by atoms with Crippen molar-refractivity contribution in [1.29, 1.82) is 0 Å². The van der Waals surface area contributed by atoms with Gasteiger partial charge in [-0.05, 0) is 38.5 Å². The maximum atomic E-state index is 5.61. The molecule has 0 aliphatic heterocycles. The zero-order valence-corrected chi connectivity index (χ0v) is 12.2. The Hall–Kier alpha value is -1.74. The average molecular weight is 258 g/mol. The molecule has 0 aliphatic rings. The highest BCUT2D eigenvalue weighted by molar-refractivity contribution is 5.54. The minimum Gasteiger partial charge on any atom is -0.465 e. The first kappa shape index (κ1) is 13.7. The van der Waals surface area contributed by atoms with Crippen LogP contribution >= 0.6 is 0 Å². The summed E-state index contributed by atoms with van der Waals surface area (Å²) in [7, 11) is 2.10. The molecule has 0 atom stereocenters. The molecule has 2 rings (SSSR count). The number of hydrogen-bond acceptors (Lipinski definition) is 3. The minimum absolute atomic E-state index is 0.452. The van der Waals surface area contributed by atoms with E-state index in [-0.39, 0.29) is 0 Å². The van der Waals surface area contributed by atoms with Crippen LogP contribution in [0.5, 0.6) is 0 Å². The summed E-state index contributed by atoms with van der Waals surface area (Å²) in [5.41, 5.74) is 10.6. The zero-order valence-electron chi connectivity index (χ0n) is 12.2. The fraction of sp³-hybridized carbons (Fsp3) is 0.375. The average Bonchev–Trinajstić information content (AvgIpc) is 2.70. The van der Waals surface area contributed by atoms with Crippen LogP contribution in [0, 0.1) is 20.8 Å². The van der Waals surface area contributed by atoms with E-state index < -0.39 is 0 Å². The molecular formula is C16H22N2O. The van der Waals surface area contributed by atoms with Crippen molar-refractivity contribution in [3.8, 4) is 0 Å². The molecule has 0 spiro atoms. The van der Waals surface area contributed by atoms with Gasteiger partial charge in [-0.1, -0.05) is 17.7 Å². The second kappa shape index (κ2) is 5.49. The van der Waals surface area contributed by atoms with Gasteiger partial charge in [0.1, 0.15) is 11.5 Å². The molecule has 3 nitrogen and oxygen atoms in total. The largest absolute Gasteiger partial charge is 0.465 e. The molecule has 0 aliphatic carbocycles. The molecule has 19 heavy (non-hydrogen) atoms. The normalized spacial score (nSPS) is 10.8. The number of nitrogens with two attached hydrogens (primary N) is 1. The molecule has 2 aromatic rings. The summed E-state index contributed by atoms with van der Waals surface area (Å²) in [6.07, 6.45) is 0. The van der Waals surface area contributed by atoms with E-state index in [1.165, 1.54) is 22.4 Å². The van der Waals surface area contributed by atoms with Crippen LogP contribution in [0.15, 0.2) is 28.7 Å². The summed E-state index contributed by atoms with van der Waals surface area (Å²) in [4.78, 5) is 2.24. The summed E-state index contributed by atoms with van der Waals surface area (Å²) in [5, 5.41) is 0. The van der Waals surface area contributed by atoms with Crippen LogP contribution in [0.25, 0.3) is 0 Å². The first-order chi connectivity index (χ1) is 9.01. The third-order valence-electron chi connectivity index (χ3n) is 3.44. The second-order valence-corrected chi connectivity index (χ2v) is 5.14. The lowest BCUT2D eigenvalue weighted by Gasteiger charge is -2.21. The van der Waals surface area contributed by atoms with Crippen LogP contribution < -0.4 is 10.6 Å². The van der Waals surface area contributed by atoms with E-state index in [0.29, 0.717) is 6.54 Å². The molecule has 2 N–H and O–H groups in total. The van der Waals surface area contributed by atoms with Crippen molar-refractivity contribution in [2.45, 2.75) is 33.9 Å². The van der Waals surface area contributed by atoms with Gasteiger partial charge in [-0.15, -0.1) is 0 Å². The van der Waals surface area contributed by atoms with Gasteiger partial charge < -0.3 is 15.1 Å². The fourth-order valence-electron chi connectivity index (χ4n) is 2.42. The number of rotatable bonds is 4. The van der Waals surface area contributed by atoms with Gasteiger partial charge in [-0.3, -0.25) is 0 Å². The summed E-state index contributed by atoms with van der Waals surface area (Å²) in [6.45, 7) is 7.54. The third-order valence-corrected chi connectivity index (χ3v) is 3.44. The first-order valence-electron chi connectivity index (χ1n) is 6.58. The van der Waals surface area contributed by atoms with E-state index >= 15 is 0 Å². The van der Waals surface area contributed by atoms with Gasteiger partial charge in [0.25, 0.3) is 0 Å². The topological polar surface area (TPSA) is 42.4 Å². The monoisotopic (exact) mass is 258 g/mol. The minimum atomic E-state index is 0.452. The molecule has 3 heteroatoms. The van der Waals surface area contributed by atoms with Crippen LogP contribution in [0.4, 0.5) is 5.69 Å². The second-order valence-electron chi connectivity index (χ2n) is 5.14. The third kappa shape index (κ3) is 2.99. The Labute approximate surface area is 115 Å². The van der Waals surface area contributed by atoms with Gasteiger partial charge in [0.2, 0.25) is 0 Å². The molecule has 0 unspecified atom stereocenters. The molecule has 0 amide bonds. The zero-order chi connectivity index (χ0) is 14.0. The predicted molar refractivity (Wildman–Crippen MR) is 79.4 cm³/mol. The van der Waals surface area contributed by atoms with Gasteiger partial charge in [-0.2, -0.15) is 0 Å². The number of furan rings is 1. The quantitative estimate of drug-likeness (QED) is 0.915. The predicted octanol–water partition coefficient (Wildman–Crippen LogP) is 3.30. The van der Waals surface area contributed by atoms with Gasteiger partial charge in [-0.25, -0.2) is 0 Å². The first-order valence-corrected chi connectivity index (χ1v) is 6.58. The number of hydrogen-bond donors (Lipinski definition) is 1. The van der Waals surface area contributed by atoms with E-state index in [1.54, 1.807) is 0 Å². The highest BCUT2D eigenvalue weighted by atomic mass is 16.3. The molecule has 0 saturated carbocycles. The molecular weight excluding hydrogens is 236 g/mol. The summed E-state index contributed by atoms with van der Waals surface area (Å²) < 4.78 is 5.60. The van der Waals surface area contributed by atoms with Crippen molar-refractivity contribution in [2.75, 3.05) is 11.9 Å². The van der Waals surface area contributed by atoms with Crippen LogP contribution in [-0.4, -0.2) is 7.05 Å². The van der Waals surface area contributed by atoms with Gasteiger partial charge in [0.05, 0.1) is 6.54 Å². The van der Waals surface area contributed by atoms with Crippen LogP contribution in [-0.2, 0) is 13.1 Å². The summed E-state index contributed by atoms with van der Waals surface area (Å²) >= 11 is 0. The van der Waals surface area contributed by atoms with Crippen molar-refractivity contribution in [3.05, 3.63) is 52.5 Å². The maximum Gasteiger partial charge on any atom is 0.118 e. The molecule has 1 aromatic carbocycles. The maximum absolute atomic E-state index is 5.61. The molecule has 102 valence electrons. The highest BCUT2D eigenvalue weighted by Gasteiger charge is 2.11. The Morgan fingerprint density at radius 2 is 1.89 bits per heavy atom. The van der Waals surface area contributed by atoms with Crippen molar-refractivity contribution in [2.24, 2.45) is 5.73 Å². The van der Waals surface area contributed by atoms with E-state index in [1.807, 2.05) is 6.92 Å². The molecule has 0 saturated heterocycles. The van der Waals surface area contributed by atoms with Gasteiger partial charge >= 0.3 is 0 Å². The van der Waals surface area contributed by atoms with E-state index in [9.17, 15) is 0 Å². The smallest absolute Gasteiger partial charge is 0.118 e. The molecule has 0 bridgehead atoms. The number of benzene rings is 1. The Balaban J connectivity index is 2.20. The lowest BCUT2D eigenvalue weighted by atomic mass is 10.1. The standard InChI is InChI=1S/C16H22N2O/c1-11-5-6-16(12(2)7-11)18(4)10-14-8-15(9-17)19-13(14)3/h5-8H,9-10,17H2,1-4H3. The SMILES string of the molecule is Cc1ccc(N(C)Cc2cc(CN)oc2C)c(C)c1. The van der Waals surface area contributed by atoms with Gasteiger partial charge in [0.15, 0.2) is 0 Å². The Morgan fingerprint density at radius 1 is 1.16 bits per heavy atom. The molecule has 0 fully saturated rings. The van der Waals surface area contributed by atoms with E-state index in [0.717, 1.165) is 18.1 Å². The molecule has 0 radical (unpaired) electrons. The van der Waals surface area contributed by atoms with E-state index in [2.05, 4.69) is 50.1 Å². The van der Waals surface area contributed by atoms with Crippen LogP contribution in [0.2, 0.25) is 0 Å². The Morgan fingerprint density at radius 3 is 2.47 bits per heavy atom. The molecule has 1 heterocycles. The summed E-state index contributed by atoms with van der Waals surface area (Å²) in [6, 6.07) is 8.57. The Kier molecular flexibility index (Phi) is 3.96. The van der Waals surface area contributed by atoms with Crippen LogP contribution in [0.3, 0.4) is 0 Å². The van der Waals surface area contributed by atoms with E-state index in [4.69, 9.17) is 10.2 Å². The highest BCUT2D eigenvalue weighted by Crippen LogP contribution is 2.23. The van der Waals surface area contributed by atoms with Crippen molar-refractivity contribution in [1.82, 2.24) is 0 Å². The van der Waals surface area contributed by atoms with Gasteiger partial charge in [0, 0.05) is 24.8 Å². The van der Waals surface area contributed by atoms with Crippen molar-refractivity contribution < 1.29 is 4.42 Å². The van der Waals surface area contributed by atoms with Crippen LogP contribution in [0.1, 0.15) is 28.2 Å². The van der Waals surface area contributed by atoms with Crippen molar-refractivity contribution >= 4 is 5.69 Å². The molecule has 1 aromatic heterocycles.